The number of nitrogens with one attached hydrogen (secondary N) is 1. The van der Waals surface area contributed by atoms with Crippen LogP contribution in [0.5, 0.6) is 5.75 Å². The van der Waals surface area contributed by atoms with E-state index in [4.69, 9.17) is 4.74 Å². The van der Waals surface area contributed by atoms with E-state index in [1.807, 2.05) is 48.8 Å². The summed E-state index contributed by atoms with van der Waals surface area (Å²) >= 11 is 0. The first-order valence-corrected chi connectivity index (χ1v) is 5.45. The molecule has 84 valence electrons. The fourth-order valence-corrected chi connectivity index (χ4v) is 1.95. The molecule has 0 atom stereocenters. The molecule has 0 fully saturated rings. The summed E-state index contributed by atoms with van der Waals surface area (Å²) in [6, 6.07) is 12.0. The summed E-state index contributed by atoms with van der Waals surface area (Å²) in [5.41, 5.74) is 3.12. The number of ether oxygens (including phenoxy) is 1. The molecule has 0 spiro atoms. The van der Waals surface area contributed by atoms with Crippen molar-refractivity contribution < 1.29 is 4.74 Å². The molecule has 0 bridgehead atoms. The molecule has 3 aromatic rings. The fraction of sp³-hybridized carbons (Fsp3) is 0.0714. The highest BCUT2D eigenvalue weighted by Gasteiger charge is 2.05. The quantitative estimate of drug-likeness (QED) is 0.725. The molecule has 2 aromatic heterocycles. The van der Waals surface area contributed by atoms with Crippen LogP contribution in [0, 0.1) is 0 Å². The van der Waals surface area contributed by atoms with Gasteiger partial charge in [0.1, 0.15) is 5.75 Å². The lowest BCUT2D eigenvalue weighted by Gasteiger charge is -2.04. The van der Waals surface area contributed by atoms with Crippen LogP contribution in [0.1, 0.15) is 0 Å². The maximum absolute atomic E-state index is 5.15. The molecule has 3 nitrogen and oxygen atoms in total. The highest BCUT2D eigenvalue weighted by atomic mass is 16.5. The summed E-state index contributed by atoms with van der Waals surface area (Å²) in [6.45, 7) is 0. The molecule has 1 aromatic carbocycles. The second-order valence-electron chi connectivity index (χ2n) is 3.83. The predicted octanol–water partition coefficient (Wildman–Crippen LogP) is 3.24. The molecular formula is C14H12N2O. The fourth-order valence-electron chi connectivity index (χ4n) is 1.95. The Kier molecular flexibility index (Phi) is 2.29. The Morgan fingerprint density at radius 1 is 1.06 bits per heavy atom. The minimum atomic E-state index is 0.854. The molecule has 0 aliphatic rings. The Hall–Kier alpha value is -2.29. The molecule has 0 saturated heterocycles. The highest BCUT2D eigenvalue weighted by Crippen LogP contribution is 2.26. The number of benzene rings is 1. The summed E-state index contributed by atoms with van der Waals surface area (Å²) in [7, 11) is 1.67. The van der Waals surface area contributed by atoms with Gasteiger partial charge in [-0.1, -0.05) is 0 Å². The van der Waals surface area contributed by atoms with Crippen molar-refractivity contribution in [2.24, 2.45) is 0 Å². The van der Waals surface area contributed by atoms with Crippen LogP contribution in [0.25, 0.3) is 22.2 Å². The van der Waals surface area contributed by atoms with Gasteiger partial charge in [-0.15, -0.1) is 0 Å². The normalized spacial score (nSPS) is 10.6. The van der Waals surface area contributed by atoms with E-state index in [0.717, 1.165) is 22.5 Å². The standard InChI is InChI=1S/C14H12N2O/c1-17-12-4-2-10(3-5-12)13-14-11(6-8-15-13)7-9-16-14/h2-9,16H,1H3. The monoisotopic (exact) mass is 224 g/mol. The van der Waals surface area contributed by atoms with Crippen molar-refractivity contribution >= 4 is 10.9 Å². The molecular weight excluding hydrogens is 212 g/mol. The SMILES string of the molecule is COc1ccc(-c2nccc3cc[nH]c23)cc1. The van der Waals surface area contributed by atoms with Crippen LogP contribution in [0.3, 0.4) is 0 Å². The van der Waals surface area contributed by atoms with Crippen molar-refractivity contribution in [2.45, 2.75) is 0 Å². The van der Waals surface area contributed by atoms with Crippen LogP contribution >= 0.6 is 0 Å². The highest BCUT2D eigenvalue weighted by molar-refractivity contribution is 5.91. The summed E-state index contributed by atoms with van der Waals surface area (Å²) in [4.78, 5) is 7.65. The van der Waals surface area contributed by atoms with Gasteiger partial charge < -0.3 is 9.72 Å². The smallest absolute Gasteiger partial charge is 0.118 e. The van der Waals surface area contributed by atoms with Gasteiger partial charge in [0.15, 0.2) is 0 Å². The Labute approximate surface area is 99.1 Å². The van der Waals surface area contributed by atoms with E-state index in [2.05, 4.69) is 9.97 Å². The minimum Gasteiger partial charge on any atom is -0.497 e. The number of pyridine rings is 1. The molecule has 3 heteroatoms. The number of hydrogen-bond acceptors (Lipinski definition) is 2. The Morgan fingerprint density at radius 3 is 2.65 bits per heavy atom. The van der Waals surface area contributed by atoms with Gasteiger partial charge in [0.25, 0.3) is 0 Å². The Balaban J connectivity index is 2.16. The van der Waals surface area contributed by atoms with E-state index in [-0.39, 0.29) is 0 Å². The summed E-state index contributed by atoms with van der Waals surface area (Å²) in [6.07, 6.45) is 3.76. The number of rotatable bonds is 2. The molecule has 17 heavy (non-hydrogen) atoms. The topological polar surface area (TPSA) is 37.9 Å². The van der Waals surface area contributed by atoms with Crippen molar-refractivity contribution in [1.82, 2.24) is 9.97 Å². The van der Waals surface area contributed by atoms with Gasteiger partial charge in [0.05, 0.1) is 18.3 Å². The zero-order valence-electron chi connectivity index (χ0n) is 9.47. The van der Waals surface area contributed by atoms with Gasteiger partial charge in [-0.25, -0.2) is 0 Å². The lowest BCUT2D eigenvalue weighted by Crippen LogP contribution is -1.86. The summed E-state index contributed by atoms with van der Waals surface area (Å²) in [5.74, 6) is 0.854. The third-order valence-electron chi connectivity index (χ3n) is 2.84. The maximum atomic E-state index is 5.15. The van der Waals surface area contributed by atoms with Gasteiger partial charge >= 0.3 is 0 Å². The maximum Gasteiger partial charge on any atom is 0.118 e. The molecule has 0 aliphatic carbocycles. The van der Waals surface area contributed by atoms with E-state index in [0.29, 0.717) is 0 Å². The molecule has 0 amide bonds. The zero-order chi connectivity index (χ0) is 11.7. The Morgan fingerprint density at radius 2 is 1.88 bits per heavy atom. The van der Waals surface area contributed by atoms with Gasteiger partial charge in [0.2, 0.25) is 0 Å². The van der Waals surface area contributed by atoms with E-state index < -0.39 is 0 Å². The zero-order valence-corrected chi connectivity index (χ0v) is 9.47. The average Bonchev–Trinajstić information content (AvgIpc) is 2.87. The van der Waals surface area contributed by atoms with Crippen LogP contribution in [0.15, 0.2) is 48.8 Å². The summed E-state index contributed by atoms with van der Waals surface area (Å²) < 4.78 is 5.15. The number of aromatic nitrogens is 2. The third kappa shape index (κ3) is 1.65. The lowest BCUT2D eigenvalue weighted by molar-refractivity contribution is 0.415. The second-order valence-corrected chi connectivity index (χ2v) is 3.83. The van der Waals surface area contributed by atoms with E-state index in [9.17, 15) is 0 Å². The molecule has 0 saturated carbocycles. The number of methoxy groups -OCH3 is 1. The number of aromatic amines is 1. The van der Waals surface area contributed by atoms with Gasteiger partial charge in [-0.3, -0.25) is 4.98 Å². The average molecular weight is 224 g/mol. The van der Waals surface area contributed by atoms with Crippen LogP contribution < -0.4 is 4.74 Å². The van der Waals surface area contributed by atoms with Gasteiger partial charge in [0, 0.05) is 23.3 Å². The van der Waals surface area contributed by atoms with Crippen molar-refractivity contribution in [3.8, 4) is 17.0 Å². The number of H-pyrrole nitrogens is 1. The number of fused-ring (bicyclic) bond motifs is 1. The van der Waals surface area contributed by atoms with Crippen LogP contribution in [0.2, 0.25) is 0 Å². The van der Waals surface area contributed by atoms with E-state index in [1.54, 1.807) is 7.11 Å². The first-order valence-electron chi connectivity index (χ1n) is 5.45. The van der Waals surface area contributed by atoms with Gasteiger partial charge in [-0.05, 0) is 36.4 Å². The molecule has 2 heterocycles. The molecule has 0 unspecified atom stereocenters. The van der Waals surface area contributed by atoms with E-state index >= 15 is 0 Å². The second kappa shape index (κ2) is 3.94. The van der Waals surface area contributed by atoms with Gasteiger partial charge in [-0.2, -0.15) is 0 Å². The number of nitrogens with zero attached hydrogens (tertiary/aromatic N) is 1. The lowest BCUT2D eigenvalue weighted by atomic mass is 10.1. The number of hydrogen-bond donors (Lipinski definition) is 1. The Bertz CT molecular complexity index is 641. The van der Waals surface area contributed by atoms with Crippen molar-refractivity contribution in [3.63, 3.8) is 0 Å². The van der Waals surface area contributed by atoms with Crippen LogP contribution in [-0.2, 0) is 0 Å². The molecule has 1 N–H and O–H groups in total. The predicted molar refractivity (Wildman–Crippen MR) is 68.1 cm³/mol. The minimum absolute atomic E-state index is 0.854. The largest absolute Gasteiger partial charge is 0.497 e. The van der Waals surface area contributed by atoms with Crippen LogP contribution in [-0.4, -0.2) is 17.1 Å². The van der Waals surface area contributed by atoms with Crippen LogP contribution in [0.4, 0.5) is 0 Å². The van der Waals surface area contributed by atoms with Crippen molar-refractivity contribution in [3.05, 3.63) is 48.8 Å². The molecule has 0 aliphatic heterocycles. The summed E-state index contributed by atoms with van der Waals surface area (Å²) in [5, 5.41) is 1.17. The van der Waals surface area contributed by atoms with Crippen molar-refractivity contribution in [2.75, 3.05) is 7.11 Å². The van der Waals surface area contributed by atoms with Crippen molar-refractivity contribution in [1.29, 1.82) is 0 Å². The molecule has 3 rings (SSSR count). The third-order valence-corrected chi connectivity index (χ3v) is 2.84. The first-order chi connectivity index (χ1) is 8.38. The molecule has 0 radical (unpaired) electrons. The first kappa shape index (κ1) is 9.90. The van der Waals surface area contributed by atoms with E-state index in [1.165, 1.54) is 5.39 Å².